The molecule has 1 saturated heterocycles. The van der Waals surface area contributed by atoms with Gasteiger partial charge in [-0.05, 0) is 31.6 Å². The van der Waals surface area contributed by atoms with Crippen LogP contribution < -0.4 is 0 Å². The summed E-state index contributed by atoms with van der Waals surface area (Å²) in [5, 5.41) is 0. The van der Waals surface area contributed by atoms with E-state index >= 15 is 0 Å². The lowest BCUT2D eigenvalue weighted by molar-refractivity contribution is 0.0323. The SMILES string of the molecule is CCC1CCC(CC(C)C)O1. The van der Waals surface area contributed by atoms with Gasteiger partial charge in [0.2, 0.25) is 0 Å². The summed E-state index contributed by atoms with van der Waals surface area (Å²) in [6.45, 7) is 6.74. The first kappa shape index (κ1) is 9.05. The van der Waals surface area contributed by atoms with Gasteiger partial charge in [-0.15, -0.1) is 0 Å². The number of hydrogen-bond donors (Lipinski definition) is 0. The topological polar surface area (TPSA) is 9.23 Å². The third-order valence-corrected chi connectivity index (χ3v) is 2.39. The van der Waals surface area contributed by atoms with Gasteiger partial charge >= 0.3 is 0 Å². The average molecular weight is 156 g/mol. The first-order valence-electron chi connectivity index (χ1n) is 4.87. The van der Waals surface area contributed by atoms with E-state index in [2.05, 4.69) is 20.8 Å². The van der Waals surface area contributed by atoms with Crippen LogP contribution in [0.5, 0.6) is 0 Å². The van der Waals surface area contributed by atoms with E-state index in [1.807, 2.05) is 0 Å². The summed E-state index contributed by atoms with van der Waals surface area (Å²) in [6, 6.07) is 0. The lowest BCUT2D eigenvalue weighted by atomic mass is 10.0. The molecule has 0 amide bonds. The second-order valence-electron chi connectivity index (χ2n) is 4.00. The van der Waals surface area contributed by atoms with Gasteiger partial charge < -0.3 is 4.74 Å². The van der Waals surface area contributed by atoms with Gasteiger partial charge in [-0.2, -0.15) is 0 Å². The fraction of sp³-hybridized carbons (Fsp3) is 1.00. The molecule has 0 radical (unpaired) electrons. The molecule has 1 aliphatic heterocycles. The molecule has 0 spiro atoms. The van der Waals surface area contributed by atoms with Gasteiger partial charge in [-0.1, -0.05) is 20.8 Å². The molecule has 0 N–H and O–H groups in total. The normalized spacial score (nSPS) is 31.6. The molecule has 1 fully saturated rings. The molecule has 1 nitrogen and oxygen atoms in total. The standard InChI is InChI=1S/C10H20O/c1-4-9-5-6-10(11-9)7-8(2)3/h8-10H,4-7H2,1-3H3. The molecule has 66 valence electrons. The van der Waals surface area contributed by atoms with Crippen molar-refractivity contribution in [3.05, 3.63) is 0 Å². The minimum atomic E-state index is 0.568. The molecule has 0 aliphatic carbocycles. The molecule has 1 rings (SSSR count). The molecule has 0 aromatic rings. The van der Waals surface area contributed by atoms with E-state index in [9.17, 15) is 0 Å². The number of rotatable bonds is 3. The smallest absolute Gasteiger partial charge is 0.0582 e. The van der Waals surface area contributed by atoms with Crippen LogP contribution in [0.4, 0.5) is 0 Å². The van der Waals surface area contributed by atoms with Gasteiger partial charge in [0.25, 0.3) is 0 Å². The van der Waals surface area contributed by atoms with Crippen LogP contribution in [0.3, 0.4) is 0 Å². The molecule has 0 saturated carbocycles. The Labute approximate surface area is 70.1 Å². The van der Waals surface area contributed by atoms with Gasteiger partial charge in [0.15, 0.2) is 0 Å². The minimum absolute atomic E-state index is 0.568. The van der Waals surface area contributed by atoms with Crippen molar-refractivity contribution in [1.82, 2.24) is 0 Å². The predicted octanol–water partition coefficient (Wildman–Crippen LogP) is 2.99. The summed E-state index contributed by atoms with van der Waals surface area (Å²) in [5.41, 5.74) is 0. The second kappa shape index (κ2) is 4.10. The first-order chi connectivity index (χ1) is 5.22. The van der Waals surface area contributed by atoms with Crippen molar-refractivity contribution in [2.75, 3.05) is 0 Å². The molecule has 0 aromatic heterocycles. The van der Waals surface area contributed by atoms with Gasteiger partial charge in [-0.25, -0.2) is 0 Å². The van der Waals surface area contributed by atoms with Gasteiger partial charge in [0.1, 0.15) is 0 Å². The highest BCUT2D eigenvalue weighted by atomic mass is 16.5. The van der Waals surface area contributed by atoms with Crippen molar-refractivity contribution in [3.8, 4) is 0 Å². The van der Waals surface area contributed by atoms with Crippen LogP contribution in [0.1, 0.15) is 46.5 Å². The third-order valence-electron chi connectivity index (χ3n) is 2.39. The molecule has 2 atom stereocenters. The van der Waals surface area contributed by atoms with Gasteiger partial charge in [-0.3, -0.25) is 0 Å². The molecule has 2 unspecified atom stereocenters. The van der Waals surface area contributed by atoms with E-state index in [0.717, 1.165) is 5.92 Å². The molecular weight excluding hydrogens is 136 g/mol. The monoisotopic (exact) mass is 156 g/mol. The zero-order chi connectivity index (χ0) is 8.27. The summed E-state index contributed by atoms with van der Waals surface area (Å²) in [7, 11) is 0. The van der Waals surface area contributed by atoms with Crippen molar-refractivity contribution < 1.29 is 4.74 Å². The zero-order valence-electron chi connectivity index (χ0n) is 7.97. The number of ether oxygens (including phenoxy) is 1. The Kier molecular flexibility index (Phi) is 3.38. The lowest BCUT2D eigenvalue weighted by Gasteiger charge is -2.13. The fourth-order valence-electron chi connectivity index (χ4n) is 1.78. The van der Waals surface area contributed by atoms with Crippen LogP contribution >= 0.6 is 0 Å². The van der Waals surface area contributed by atoms with Crippen LogP contribution in [0.25, 0.3) is 0 Å². The Bertz CT molecular complexity index is 109. The van der Waals surface area contributed by atoms with Gasteiger partial charge in [0.05, 0.1) is 12.2 Å². The Balaban J connectivity index is 2.19. The molecular formula is C10H20O. The molecule has 0 bridgehead atoms. The summed E-state index contributed by atoms with van der Waals surface area (Å²) >= 11 is 0. The average Bonchev–Trinajstić information content (AvgIpc) is 2.34. The summed E-state index contributed by atoms with van der Waals surface area (Å²) in [4.78, 5) is 0. The second-order valence-corrected chi connectivity index (χ2v) is 4.00. The summed E-state index contributed by atoms with van der Waals surface area (Å²) in [5.74, 6) is 0.788. The van der Waals surface area contributed by atoms with Crippen LogP contribution in [0, 0.1) is 5.92 Å². The molecule has 11 heavy (non-hydrogen) atoms. The van der Waals surface area contributed by atoms with E-state index in [4.69, 9.17) is 4.74 Å². The van der Waals surface area contributed by atoms with E-state index < -0.39 is 0 Å². The highest BCUT2D eigenvalue weighted by Gasteiger charge is 2.23. The van der Waals surface area contributed by atoms with E-state index in [0.29, 0.717) is 12.2 Å². The van der Waals surface area contributed by atoms with Crippen LogP contribution in [0.2, 0.25) is 0 Å². The largest absolute Gasteiger partial charge is 0.375 e. The highest BCUT2D eigenvalue weighted by Crippen LogP contribution is 2.25. The maximum Gasteiger partial charge on any atom is 0.0582 e. The van der Waals surface area contributed by atoms with Crippen molar-refractivity contribution >= 4 is 0 Å². The summed E-state index contributed by atoms with van der Waals surface area (Å²) < 4.78 is 5.82. The molecule has 0 aromatic carbocycles. The quantitative estimate of drug-likeness (QED) is 0.610. The Morgan fingerprint density at radius 1 is 1.27 bits per heavy atom. The van der Waals surface area contributed by atoms with Crippen LogP contribution in [-0.2, 0) is 4.74 Å². The Morgan fingerprint density at radius 3 is 2.36 bits per heavy atom. The maximum absolute atomic E-state index is 5.82. The maximum atomic E-state index is 5.82. The predicted molar refractivity (Wildman–Crippen MR) is 47.6 cm³/mol. The molecule has 1 aliphatic rings. The van der Waals surface area contributed by atoms with Crippen LogP contribution in [-0.4, -0.2) is 12.2 Å². The van der Waals surface area contributed by atoms with Crippen molar-refractivity contribution in [2.24, 2.45) is 5.92 Å². The molecule has 1 heterocycles. The number of hydrogen-bond acceptors (Lipinski definition) is 1. The summed E-state index contributed by atoms with van der Waals surface area (Å²) in [6.07, 6.45) is 6.15. The highest BCUT2D eigenvalue weighted by molar-refractivity contribution is 4.73. The first-order valence-corrected chi connectivity index (χ1v) is 4.87. The minimum Gasteiger partial charge on any atom is -0.375 e. The van der Waals surface area contributed by atoms with Crippen LogP contribution in [0.15, 0.2) is 0 Å². The van der Waals surface area contributed by atoms with Crippen molar-refractivity contribution in [1.29, 1.82) is 0 Å². The van der Waals surface area contributed by atoms with E-state index in [1.54, 1.807) is 0 Å². The van der Waals surface area contributed by atoms with E-state index in [1.165, 1.54) is 25.7 Å². The lowest BCUT2D eigenvalue weighted by Crippen LogP contribution is -2.12. The van der Waals surface area contributed by atoms with Gasteiger partial charge in [0, 0.05) is 0 Å². The van der Waals surface area contributed by atoms with E-state index in [-0.39, 0.29) is 0 Å². The third kappa shape index (κ3) is 2.82. The Morgan fingerprint density at radius 2 is 1.91 bits per heavy atom. The van der Waals surface area contributed by atoms with Crippen molar-refractivity contribution in [2.45, 2.75) is 58.7 Å². The molecule has 1 heteroatoms. The Hall–Kier alpha value is -0.0400. The van der Waals surface area contributed by atoms with Crippen molar-refractivity contribution in [3.63, 3.8) is 0 Å². The fourth-order valence-corrected chi connectivity index (χ4v) is 1.78. The zero-order valence-corrected chi connectivity index (χ0v) is 7.97.